The van der Waals surface area contributed by atoms with E-state index in [1.165, 1.54) is 24.8 Å². The first-order valence-corrected chi connectivity index (χ1v) is 16.9. The van der Waals surface area contributed by atoms with E-state index in [0.29, 0.717) is 43.1 Å². The molecule has 4 aliphatic rings. The first-order chi connectivity index (χ1) is 21.0. The Hall–Kier alpha value is -2.87. The van der Waals surface area contributed by atoms with E-state index in [0.717, 1.165) is 37.7 Å². The van der Waals surface area contributed by atoms with Crippen LogP contribution in [0.25, 0.3) is 0 Å². The van der Waals surface area contributed by atoms with Gasteiger partial charge in [-0.3, -0.25) is 4.79 Å². The first-order valence-electron chi connectivity index (χ1n) is 16.9. The summed E-state index contributed by atoms with van der Waals surface area (Å²) in [6.07, 6.45) is 11.6. The van der Waals surface area contributed by atoms with Gasteiger partial charge in [0.05, 0.1) is 6.10 Å². The van der Waals surface area contributed by atoms with Crippen LogP contribution in [0.1, 0.15) is 97.0 Å². The molecule has 4 N–H and O–H groups in total. The van der Waals surface area contributed by atoms with Crippen molar-refractivity contribution < 1.29 is 29.3 Å². The van der Waals surface area contributed by atoms with E-state index in [4.69, 9.17) is 4.74 Å². The van der Waals surface area contributed by atoms with Gasteiger partial charge >= 0.3 is 12.1 Å². The molecule has 242 valence electrons. The smallest absolute Gasteiger partial charge is 0.408 e. The molecule has 8 nitrogen and oxygen atoms in total. The van der Waals surface area contributed by atoms with Crippen molar-refractivity contribution in [2.24, 2.45) is 40.4 Å². The van der Waals surface area contributed by atoms with Gasteiger partial charge in [0.2, 0.25) is 5.91 Å². The third kappa shape index (κ3) is 6.70. The number of aliphatic carboxylic acids is 1. The SMILES string of the molecule is C[C@H](C(=O)NCCCC[C@H](NC(=O)OCc1ccccc1)C(=O)O)[C@H]1CC[C@H]2C3CC=C4C[C@@H](O)CC[C@]4(C)[C@H]3CC[C@]12C. The fourth-order valence-electron chi connectivity index (χ4n) is 9.70. The van der Waals surface area contributed by atoms with Gasteiger partial charge < -0.3 is 25.6 Å². The number of nitrogens with one attached hydrogen (secondary N) is 2. The predicted molar refractivity (Wildman–Crippen MR) is 168 cm³/mol. The largest absolute Gasteiger partial charge is 0.480 e. The number of hydrogen-bond acceptors (Lipinski definition) is 5. The van der Waals surface area contributed by atoms with Crippen LogP contribution in [0.15, 0.2) is 42.0 Å². The summed E-state index contributed by atoms with van der Waals surface area (Å²) in [5.74, 6) is 1.29. The van der Waals surface area contributed by atoms with Crippen LogP contribution in [-0.2, 0) is 20.9 Å². The zero-order valence-corrected chi connectivity index (χ0v) is 26.7. The molecule has 0 aliphatic heterocycles. The maximum absolute atomic E-state index is 13.3. The third-order valence-corrected chi connectivity index (χ3v) is 12.2. The van der Waals surface area contributed by atoms with Crippen molar-refractivity contribution in [3.05, 3.63) is 47.5 Å². The lowest BCUT2D eigenvalue weighted by atomic mass is 9.47. The molecule has 0 spiro atoms. The Kier molecular flexibility index (Phi) is 10.1. The third-order valence-electron chi connectivity index (χ3n) is 12.2. The highest BCUT2D eigenvalue weighted by atomic mass is 16.5. The minimum absolute atomic E-state index is 0.0653. The number of carboxylic acids is 1. The minimum atomic E-state index is -1.10. The molecule has 3 fully saturated rings. The topological polar surface area (TPSA) is 125 Å². The number of amides is 2. The molecule has 44 heavy (non-hydrogen) atoms. The van der Waals surface area contributed by atoms with Gasteiger partial charge in [0.15, 0.2) is 0 Å². The fourth-order valence-corrected chi connectivity index (χ4v) is 9.70. The Balaban J connectivity index is 1.06. The van der Waals surface area contributed by atoms with Gasteiger partial charge in [-0.05, 0) is 111 Å². The normalized spacial score (nSPS) is 33.9. The van der Waals surface area contributed by atoms with Crippen LogP contribution in [0.3, 0.4) is 0 Å². The number of carboxylic acid groups (broad SMARTS) is 1. The van der Waals surface area contributed by atoms with Gasteiger partial charge in [-0.25, -0.2) is 9.59 Å². The number of alkyl carbamates (subject to hydrolysis) is 1. The zero-order valence-electron chi connectivity index (χ0n) is 26.7. The van der Waals surface area contributed by atoms with Crippen molar-refractivity contribution in [2.75, 3.05) is 6.54 Å². The average molecular weight is 609 g/mol. The summed E-state index contributed by atoms with van der Waals surface area (Å²) in [7, 11) is 0. The molecule has 5 rings (SSSR count). The number of carbonyl (C=O) groups excluding carboxylic acids is 2. The number of rotatable bonds is 11. The molecule has 4 aliphatic carbocycles. The lowest BCUT2D eigenvalue weighted by Crippen LogP contribution is -2.51. The Labute approximate surface area is 262 Å². The van der Waals surface area contributed by atoms with Crippen LogP contribution in [0, 0.1) is 40.4 Å². The molecular formula is C36H52N2O6. The molecule has 1 aromatic carbocycles. The van der Waals surface area contributed by atoms with Crippen molar-refractivity contribution in [1.82, 2.24) is 10.6 Å². The summed E-state index contributed by atoms with van der Waals surface area (Å²) in [4.78, 5) is 37.2. The number of aliphatic hydroxyl groups excluding tert-OH is 1. The van der Waals surface area contributed by atoms with Crippen molar-refractivity contribution in [3.8, 4) is 0 Å². The number of benzene rings is 1. The lowest BCUT2D eigenvalue weighted by Gasteiger charge is -2.58. The molecule has 8 heteroatoms. The Bertz CT molecular complexity index is 1220. The molecule has 0 heterocycles. The van der Waals surface area contributed by atoms with Crippen LogP contribution < -0.4 is 10.6 Å². The van der Waals surface area contributed by atoms with Crippen molar-refractivity contribution in [3.63, 3.8) is 0 Å². The van der Waals surface area contributed by atoms with Crippen LogP contribution in [0.5, 0.6) is 0 Å². The van der Waals surface area contributed by atoms with E-state index in [2.05, 4.69) is 37.5 Å². The predicted octanol–water partition coefficient (Wildman–Crippen LogP) is 6.23. The summed E-state index contributed by atoms with van der Waals surface area (Å²) in [5, 5.41) is 25.4. The molecule has 0 radical (unpaired) electrons. The molecule has 1 aromatic rings. The molecule has 0 saturated heterocycles. The molecule has 0 bridgehead atoms. The molecule has 2 amide bonds. The Morgan fingerprint density at radius 3 is 2.55 bits per heavy atom. The minimum Gasteiger partial charge on any atom is -0.480 e. The zero-order chi connectivity index (χ0) is 31.5. The van der Waals surface area contributed by atoms with E-state index in [-0.39, 0.29) is 41.8 Å². The number of ether oxygens (including phenoxy) is 1. The molecule has 0 aromatic heterocycles. The first kappa shape index (κ1) is 32.5. The van der Waals surface area contributed by atoms with E-state index in [9.17, 15) is 24.6 Å². The number of aliphatic hydroxyl groups is 1. The van der Waals surface area contributed by atoms with Crippen LogP contribution >= 0.6 is 0 Å². The van der Waals surface area contributed by atoms with E-state index in [1.807, 2.05) is 30.3 Å². The Morgan fingerprint density at radius 2 is 1.80 bits per heavy atom. The lowest BCUT2D eigenvalue weighted by molar-refractivity contribution is -0.139. The summed E-state index contributed by atoms with van der Waals surface area (Å²) in [5.41, 5.74) is 2.72. The summed E-state index contributed by atoms with van der Waals surface area (Å²) in [6, 6.07) is 8.19. The van der Waals surface area contributed by atoms with Crippen LogP contribution in [-0.4, -0.2) is 46.9 Å². The number of hydrogen-bond donors (Lipinski definition) is 4. The fraction of sp³-hybridized carbons (Fsp3) is 0.694. The molecule has 3 saturated carbocycles. The van der Waals surface area contributed by atoms with Crippen molar-refractivity contribution >= 4 is 18.0 Å². The number of unbranched alkanes of at least 4 members (excludes halogenated alkanes) is 1. The van der Waals surface area contributed by atoms with E-state index >= 15 is 0 Å². The molecule has 1 unspecified atom stereocenters. The van der Waals surface area contributed by atoms with Gasteiger partial charge in [-0.1, -0.05) is 62.8 Å². The van der Waals surface area contributed by atoms with Crippen LogP contribution in [0.2, 0.25) is 0 Å². The van der Waals surface area contributed by atoms with Gasteiger partial charge in [0.25, 0.3) is 0 Å². The van der Waals surface area contributed by atoms with Crippen molar-refractivity contribution in [1.29, 1.82) is 0 Å². The quantitative estimate of drug-likeness (QED) is 0.174. The summed E-state index contributed by atoms with van der Waals surface area (Å²) >= 11 is 0. The number of fused-ring (bicyclic) bond motifs is 5. The van der Waals surface area contributed by atoms with E-state index in [1.54, 1.807) is 0 Å². The second-order valence-corrected chi connectivity index (χ2v) is 14.6. The van der Waals surface area contributed by atoms with Crippen molar-refractivity contribution in [2.45, 2.75) is 110 Å². The van der Waals surface area contributed by atoms with Gasteiger partial charge in [0.1, 0.15) is 12.6 Å². The second-order valence-electron chi connectivity index (χ2n) is 14.6. The highest BCUT2D eigenvalue weighted by Gasteiger charge is 2.59. The standard InChI is InChI=1S/C36H52N2O6/c1-23(32(40)37-20-8-7-11-31(33(41)42)38-34(43)44-22-24-9-5-4-6-10-24)28-14-15-29-27-13-12-25-21-26(39)16-18-35(25,2)30(27)17-19-36(28,29)3/h4-6,9-10,12,23,26-31,39H,7-8,11,13-22H2,1-3H3,(H,37,40)(H,38,43)(H,41,42)/t23-,26-,27?,28+,29-,30-,31-,35-,36+/m0/s1. The maximum Gasteiger partial charge on any atom is 0.408 e. The Morgan fingerprint density at radius 1 is 1.02 bits per heavy atom. The summed E-state index contributed by atoms with van der Waals surface area (Å²) in [6.45, 7) is 7.56. The second kappa shape index (κ2) is 13.6. The molecular weight excluding hydrogens is 556 g/mol. The summed E-state index contributed by atoms with van der Waals surface area (Å²) < 4.78 is 5.17. The van der Waals surface area contributed by atoms with Gasteiger partial charge in [-0.15, -0.1) is 0 Å². The van der Waals surface area contributed by atoms with Gasteiger partial charge in [0, 0.05) is 12.5 Å². The number of carbonyl (C=O) groups is 3. The van der Waals surface area contributed by atoms with Gasteiger partial charge in [-0.2, -0.15) is 0 Å². The average Bonchev–Trinajstić information content (AvgIpc) is 3.36. The van der Waals surface area contributed by atoms with E-state index < -0.39 is 18.1 Å². The highest BCUT2D eigenvalue weighted by molar-refractivity contribution is 5.80. The number of allylic oxidation sites excluding steroid dienone is 1. The highest BCUT2D eigenvalue weighted by Crippen LogP contribution is 2.67. The van der Waals surface area contributed by atoms with Crippen LogP contribution in [0.4, 0.5) is 4.79 Å². The maximum atomic E-state index is 13.3. The molecule has 9 atom stereocenters. The monoisotopic (exact) mass is 608 g/mol.